The van der Waals surface area contributed by atoms with Crippen LogP contribution in [-0.2, 0) is 0 Å². The number of rotatable bonds is 4. The van der Waals surface area contributed by atoms with Gasteiger partial charge in [-0.2, -0.15) is 0 Å². The second-order valence-electron chi connectivity index (χ2n) is 7.78. The topological polar surface area (TPSA) is 61.0 Å². The quantitative estimate of drug-likeness (QED) is 0.341. The molecule has 0 aliphatic carbocycles. The zero-order valence-electron chi connectivity index (χ0n) is 17.3. The summed E-state index contributed by atoms with van der Waals surface area (Å²) in [5.41, 5.74) is 7.96. The number of benzene rings is 3. The Balaban J connectivity index is 1.86. The Labute approximate surface area is 175 Å². The smallest absolute Gasteiger partial charge is 0.160 e. The highest BCUT2D eigenvalue weighted by atomic mass is 16.5. The van der Waals surface area contributed by atoms with Crippen LogP contribution in [0.1, 0.15) is 34.0 Å². The van der Waals surface area contributed by atoms with E-state index in [9.17, 15) is 5.11 Å². The van der Waals surface area contributed by atoms with Crippen molar-refractivity contribution in [3.63, 3.8) is 0 Å². The summed E-state index contributed by atoms with van der Waals surface area (Å²) in [6, 6.07) is 22.5. The van der Waals surface area contributed by atoms with Gasteiger partial charge in [-0.1, -0.05) is 42.5 Å². The van der Waals surface area contributed by atoms with Gasteiger partial charge in [0, 0.05) is 39.1 Å². The molecule has 0 saturated carbocycles. The maximum Gasteiger partial charge on any atom is 0.160 e. The van der Waals surface area contributed by atoms with Crippen LogP contribution in [0.15, 0.2) is 66.7 Å². The Morgan fingerprint density at radius 2 is 1.30 bits per heavy atom. The van der Waals surface area contributed by atoms with Crippen LogP contribution >= 0.6 is 0 Å². The van der Waals surface area contributed by atoms with Gasteiger partial charge in [0.2, 0.25) is 0 Å². The fraction of sp³-hybridized carbons (Fsp3) is 0.154. The lowest BCUT2D eigenvalue weighted by atomic mass is 9.82. The monoisotopic (exact) mass is 396 g/mol. The van der Waals surface area contributed by atoms with Crippen molar-refractivity contribution in [1.82, 2.24) is 9.97 Å². The predicted molar refractivity (Wildman–Crippen MR) is 122 cm³/mol. The number of phenolic OH excluding ortho intramolecular Hbond substituents is 1. The van der Waals surface area contributed by atoms with Gasteiger partial charge in [-0.3, -0.25) is 0 Å². The molecule has 150 valence electrons. The molecule has 0 aliphatic rings. The van der Waals surface area contributed by atoms with Gasteiger partial charge in [0.05, 0.1) is 7.11 Å². The van der Waals surface area contributed by atoms with Crippen LogP contribution in [0, 0.1) is 13.8 Å². The first-order chi connectivity index (χ1) is 14.6. The molecule has 3 aromatic carbocycles. The van der Waals surface area contributed by atoms with Crippen LogP contribution in [-0.4, -0.2) is 22.2 Å². The highest BCUT2D eigenvalue weighted by Crippen LogP contribution is 2.44. The summed E-state index contributed by atoms with van der Waals surface area (Å²) in [6.45, 7) is 4.24. The second-order valence-corrected chi connectivity index (χ2v) is 7.78. The summed E-state index contributed by atoms with van der Waals surface area (Å²) in [6.07, 6.45) is 0. The van der Waals surface area contributed by atoms with Crippen molar-refractivity contribution in [2.24, 2.45) is 0 Å². The first-order valence-electron chi connectivity index (χ1n) is 10.1. The number of phenols is 1. The summed E-state index contributed by atoms with van der Waals surface area (Å²) >= 11 is 0. The van der Waals surface area contributed by atoms with Gasteiger partial charge in [-0.05, 0) is 54.8 Å². The van der Waals surface area contributed by atoms with Crippen molar-refractivity contribution >= 4 is 21.8 Å². The van der Waals surface area contributed by atoms with E-state index in [4.69, 9.17) is 4.74 Å². The Bertz CT molecular complexity index is 1300. The highest BCUT2D eigenvalue weighted by molar-refractivity contribution is 5.90. The standard InChI is InChI=1S/C26H24N2O2/c1-15-24(18-8-4-6-10-20(18)27-15)26(17-12-13-23(30-3)22(29)14-17)25-16(2)28-21-11-7-5-9-19(21)25/h4-14,26-29H,1-3H3. The van der Waals surface area contributed by atoms with E-state index in [2.05, 4.69) is 60.2 Å². The number of hydrogen-bond acceptors (Lipinski definition) is 2. The van der Waals surface area contributed by atoms with E-state index in [0.717, 1.165) is 28.0 Å². The molecule has 0 radical (unpaired) electrons. The molecule has 2 heterocycles. The van der Waals surface area contributed by atoms with Gasteiger partial charge >= 0.3 is 0 Å². The van der Waals surface area contributed by atoms with E-state index < -0.39 is 0 Å². The molecule has 2 aromatic heterocycles. The average Bonchev–Trinajstić information content (AvgIpc) is 3.25. The van der Waals surface area contributed by atoms with E-state index in [-0.39, 0.29) is 11.7 Å². The number of aryl methyl sites for hydroxylation is 2. The Morgan fingerprint density at radius 1 is 0.767 bits per heavy atom. The first kappa shape index (κ1) is 18.4. The minimum absolute atomic E-state index is 0.0471. The molecule has 3 N–H and O–H groups in total. The summed E-state index contributed by atoms with van der Waals surface area (Å²) in [5.74, 6) is 0.577. The lowest BCUT2D eigenvalue weighted by molar-refractivity contribution is 0.373. The lowest BCUT2D eigenvalue weighted by Crippen LogP contribution is -2.06. The summed E-state index contributed by atoms with van der Waals surface area (Å²) in [4.78, 5) is 7.09. The molecule has 0 amide bonds. The number of methoxy groups -OCH3 is 1. The molecule has 0 unspecified atom stereocenters. The highest BCUT2D eigenvalue weighted by Gasteiger charge is 2.27. The number of hydrogen-bond donors (Lipinski definition) is 3. The van der Waals surface area contributed by atoms with Gasteiger partial charge in [0.25, 0.3) is 0 Å². The number of para-hydroxylation sites is 2. The molecule has 0 spiro atoms. The van der Waals surface area contributed by atoms with Crippen LogP contribution in [0.4, 0.5) is 0 Å². The fourth-order valence-electron chi connectivity index (χ4n) is 4.70. The number of H-pyrrole nitrogens is 2. The van der Waals surface area contributed by atoms with E-state index in [1.54, 1.807) is 7.11 Å². The van der Waals surface area contributed by atoms with Crippen molar-refractivity contribution in [3.8, 4) is 11.5 Å². The number of ether oxygens (including phenoxy) is 1. The number of aromatic nitrogens is 2. The number of aromatic amines is 2. The van der Waals surface area contributed by atoms with Gasteiger partial charge in [-0.25, -0.2) is 0 Å². The molecule has 0 bridgehead atoms. The van der Waals surface area contributed by atoms with Crippen molar-refractivity contribution in [3.05, 3.63) is 94.8 Å². The predicted octanol–water partition coefficient (Wildman–Crippen LogP) is 6.16. The first-order valence-corrected chi connectivity index (χ1v) is 10.1. The largest absolute Gasteiger partial charge is 0.504 e. The summed E-state index contributed by atoms with van der Waals surface area (Å²) in [5, 5.41) is 12.9. The van der Waals surface area contributed by atoms with Crippen LogP contribution in [0.2, 0.25) is 0 Å². The van der Waals surface area contributed by atoms with Crippen LogP contribution in [0.25, 0.3) is 21.8 Å². The SMILES string of the molecule is COc1ccc(C(c2c(C)[nH]c3ccccc23)c2c(C)[nH]c3ccccc23)cc1O. The average molecular weight is 396 g/mol. The molecule has 4 heteroatoms. The Kier molecular flexibility index (Phi) is 4.28. The van der Waals surface area contributed by atoms with E-state index in [0.29, 0.717) is 5.75 Å². The minimum Gasteiger partial charge on any atom is -0.504 e. The summed E-state index contributed by atoms with van der Waals surface area (Å²) < 4.78 is 5.29. The minimum atomic E-state index is -0.0471. The molecule has 0 fully saturated rings. The molecule has 0 atom stereocenters. The van der Waals surface area contributed by atoms with Crippen molar-refractivity contribution < 1.29 is 9.84 Å². The molecular weight excluding hydrogens is 372 g/mol. The second kappa shape index (κ2) is 6.99. The van der Waals surface area contributed by atoms with Crippen LogP contribution < -0.4 is 4.74 Å². The van der Waals surface area contributed by atoms with Gasteiger partial charge in [0.1, 0.15) is 0 Å². The zero-order valence-corrected chi connectivity index (χ0v) is 17.3. The zero-order chi connectivity index (χ0) is 20.8. The molecule has 5 aromatic rings. The van der Waals surface area contributed by atoms with Crippen molar-refractivity contribution in [2.45, 2.75) is 19.8 Å². The van der Waals surface area contributed by atoms with Crippen molar-refractivity contribution in [1.29, 1.82) is 0 Å². The molecule has 0 saturated heterocycles. The molecule has 0 aliphatic heterocycles. The van der Waals surface area contributed by atoms with Gasteiger partial charge < -0.3 is 19.8 Å². The maximum absolute atomic E-state index is 10.6. The van der Waals surface area contributed by atoms with Crippen molar-refractivity contribution in [2.75, 3.05) is 7.11 Å². The van der Waals surface area contributed by atoms with Crippen LogP contribution in [0.3, 0.4) is 0 Å². The third kappa shape index (κ3) is 2.76. The molecular formula is C26H24N2O2. The normalized spacial score (nSPS) is 11.6. The number of aromatic hydroxyl groups is 1. The molecule has 5 rings (SSSR count). The lowest BCUT2D eigenvalue weighted by Gasteiger charge is -2.21. The molecule has 4 nitrogen and oxygen atoms in total. The van der Waals surface area contributed by atoms with Crippen LogP contribution in [0.5, 0.6) is 11.5 Å². The third-order valence-corrected chi connectivity index (χ3v) is 6.00. The van der Waals surface area contributed by atoms with Gasteiger partial charge in [0.15, 0.2) is 11.5 Å². The Hall–Kier alpha value is -3.66. The maximum atomic E-state index is 10.6. The number of nitrogens with one attached hydrogen (secondary N) is 2. The van der Waals surface area contributed by atoms with E-state index >= 15 is 0 Å². The Morgan fingerprint density at radius 3 is 1.80 bits per heavy atom. The molecule has 30 heavy (non-hydrogen) atoms. The van der Waals surface area contributed by atoms with Gasteiger partial charge in [-0.15, -0.1) is 0 Å². The van der Waals surface area contributed by atoms with E-state index in [1.807, 2.05) is 30.3 Å². The third-order valence-electron chi connectivity index (χ3n) is 6.00. The fourth-order valence-corrected chi connectivity index (χ4v) is 4.70. The van der Waals surface area contributed by atoms with E-state index in [1.165, 1.54) is 21.9 Å². The summed E-state index contributed by atoms with van der Waals surface area (Å²) in [7, 11) is 1.57. The number of fused-ring (bicyclic) bond motifs is 2.